The maximum atomic E-state index is 10.2. The number of allylic oxidation sites excluding steroid dienone is 2. The van der Waals surface area contributed by atoms with Crippen LogP contribution in [0.1, 0.15) is 18.9 Å². The first-order valence-electron chi connectivity index (χ1n) is 6.36. The molecule has 0 radical (unpaired) electrons. The maximum absolute atomic E-state index is 10.2. The number of ether oxygens (including phenoxy) is 1. The van der Waals surface area contributed by atoms with E-state index in [0.29, 0.717) is 6.61 Å². The Hall–Kier alpha value is -2.35. The van der Waals surface area contributed by atoms with Crippen molar-refractivity contribution in [1.29, 1.82) is 0 Å². The van der Waals surface area contributed by atoms with E-state index in [0.717, 1.165) is 12.5 Å². The van der Waals surface area contributed by atoms with Gasteiger partial charge >= 0.3 is 5.97 Å². The average molecular weight is 272 g/mol. The minimum Gasteiger partial charge on any atom is -0.463 e. The lowest BCUT2D eigenvalue weighted by Crippen LogP contribution is -1.99. The predicted molar refractivity (Wildman–Crippen MR) is 88.4 cm³/mol. The van der Waals surface area contributed by atoms with E-state index >= 15 is 0 Å². The smallest absolute Gasteiger partial charge is 0.330 e. The summed E-state index contributed by atoms with van der Waals surface area (Å²) in [6.07, 6.45) is 7.13. The molecular weight excluding hydrogens is 248 g/mol. The van der Waals surface area contributed by atoms with E-state index < -0.39 is 0 Å². The summed E-state index contributed by atoms with van der Waals surface area (Å²) < 4.78 is 4.58. The quantitative estimate of drug-likeness (QED) is 0.436. The molecule has 1 aromatic rings. The van der Waals surface area contributed by atoms with Gasteiger partial charge in [-0.05, 0) is 12.0 Å². The fourth-order valence-electron chi connectivity index (χ4n) is 0.851. The highest BCUT2D eigenvalue weighted by atomic mass is 16.5. The first-order chi connectivity index (χ1) is 9.65. The number of esters is 1. The highest BCUT2D eigenvalue weighted by molar-refractivity contribution is 5.81. The van der Waals surface area contributed by atoms with Crippen LogP contribution >= 0.6 is 0 Å². The molecular formula is C18H24O2. The second-order valence-electron chi connectivity index (χ2n) is 3.46. The molecule has 0 aliphatic carbocycles. The highest BCUT2D eigenvalue weighted by Crippen LogP contribution is 1.97. The number of carbonyl (C=O) groups is 1. The molecule has 108 valence electrons. The van der Waals surface area contributed by atoms with E-state index in [4.69, 9.17) is 0 Å². The van der Waals surface area contributed by atoms with Crippen LogP contribution in [0.25, 0.3) is 6.08 Å². The van der Waals surface area contributed by atoms with Gasteiger partial charge in [-0.25, -0.2) is 4.79 Å². The number of carbonyl (C=O) groups excluding carboxylic acids is 1. The Balaban J connectivity index is 0. The molecule has 2 nitrogen and oxygen atoms in total. The summed E-state index contributed by atoms with van der Waals surface area (Å²) in [5, 5.41) is 0. The van der Waals surface area contributed by atoms with Crippen LogP contribution in [-0.4, -0.2) is 12.6 Å². The summed E-state index contributed by atoms with van der Waals surface area (Å²) in [6, 6.07) is 10.0. The lowest BCUT2D eigenvalue weighted by Gasteiger charge is -1.94. The number of benzene rings is 1. The van der Waals surface area contributed by atoms with E-state index in [1.54, 1.807) is 12.2 Å². The SMILES string of the molecule is C=CC(=O)OCCC.C=CC=C.C=Cc1ccccc1. The monoisotopic (exact) mass is 272 g/mol. The molecule has 20 heavy (non-hydrogen) atoms. The van der Waals surface area contributed by atoms with Crippen molar-refractivity contribution in [3.05, 3.63) is 80.4 Å². The fourth-order valence-corrected chi connectivity index (χ4v) is 0.851. The molecule has 1 rings (SSSR count). The van der Waals surface area contributed by atoms with Crippen LogP contribution in [0.4, 0.5) is 0 Å². The zero-order valence-electron chi connectivity index (χ0n) is 12.3. The van der Waals surface area contributed by atoms with Crippen LogP contribution in [0, 0.1) is 0 Å². The highest BCUT2D eigenvalue weighted by Gasteiger charge is 1.89. The molecule has 0 aromatic heterocycles. The molecule has 0 aliphatic heterocycles. The Morgan fingerprint density at radius 1 is 1.10 bits per heavy atom. The van der Waals surface area contributed by atoms with Crippen LogP contribution in [0.3, 0.4) is 0 Å². The lowest BCUT2D eigenvalue weighted by molar-refractivity contribution is -0.137. The standard InChI is InChI=1S/C8H8.C6H10O2.C4H6/c1-2-8-6-4-3-5-7-8;1-3-5-8-6(7)4-2;1-3-4-2/h2-7H,1H2;4H,2-3,5H2,1H3;3-4H,1-2H2. The summed E-state index contributed by atoms with van der Waals surface area (Å²) >= 11 is 0. The average Bonchev–Trinajstić information content (AvgIpc) is 2.54. The van der Waals surface area contributed by atoms with Gasteiger partial charge in [-0.3, -0.25) is 0 Å². The van der Waals surface area contributed by atoms with Crippen molar-refractivity contribution >= 4 is 12.0 Å². The van der Waals surface area contributed by atoms with Gasteiger partial charge < -0.3 is 4.74 Å². The van der Waals surface area contributed by atoms with Crippen LogP contribution in [0.2, 0.25) is 0 Å². The Morgan fingerprint density at radius 3 is 1.95 bits per heavy atom. The third kappa shape index (κ3) is 15.7. The number of hydrogen-bond donors (Lipinski definition) is 0. The van der Waals surface area contributed by atoms with Crippen molar-refractivity contribution in [2.75, 3.05) is 6.61 Å². The number of rotatable bonds is 5. The normalized spacial score (nSPS) is 7.65. The zero-order chi connectivity index (χ0) is 15.6. The van der Waals surface area contributed by atoms with Gasteiger partial charge in [0.2, 0.25) is 0 Å². The Morgan fingerprint density at radius 2 is 1.65 bits per heavy atom. The molecule has 0 amide bonds. The van der Waals surface area contributed by atoms with Crippen molar-refractivity contribution < 1.29 is 9.53 Å². The summed E-state index contributed by atoms with van der Waals surface area (Å²) in [7, 11) is 0. The van der Waals surface area contributed by atoms with Gasteiger partial charge in [-0.15, -0.1) is 0 Å². The molecule has 2 heteroatoms. The minimum absolute atomic E-state index is 0.341. The Labute approximate surface area is 122 Å². The molecule has 0 unspecified atom stereocenters. The molecule has 0 heterocycles. The molecule has 0 spiro atoms. The van der Waals surface area contributed by atoms with Gasteiger partial charge in [-0.2, -0.15) is 0 Å². The zero-order valence-corrected chi connectivity index (χ0v) is 12.3. The second kappa shape index (κ2) is 16.7. The summed E-state index contributed by atoms with van der Waals surface area (Å²) in [6.45, 7) is 16.0. The van der Waals surface area contributed by atoms with Gasteiger partial charge in [0.25, 0.3) is 0 Å². The van der Waals surface area contributed by atoms with E-state index in [1.165, 1.54) is 5.56 Å². The van der Waals surface area contributed by atoms with Gasteiger partial charge in [0.1, 0.15) is 0 Å². The van der Waals surface area contributed by atoms with E-state index in [1.807, 2.05) is 43.3 Å². The maximum Gasteiger partial charge on any atom is 0.330 e. The van der Waals surface area contributed by atoms with Crippen molar-refractivity contribution in [1.82, 2.24) is 0 Å². The fraction of sp³-hybridized carbons (Fsp3) is 0.167. The first-order valence-corrected chi connectivity index (χ1v) is 6.36. The molecule has 0 aliphatic rings. The summed E-state index contributed by atoms with van der Waals surface area (Å²) in [5.74, 6) is -0.341. The predicted octanol–water partition coefficient (Wildman–Crippen LogP) is 4.81. The molecule has 0 bridgehead atoms. The van der Waals surface area contributed by atoms with Crippen LogP contribution in [-0.2, 0) is 9.53 Å². The second-order valence-corrected chi connectivity index (χ2v) is 3.46. The van der Waals surface area contributed by atoms with Crippen molar-refractivity contribution in [2.45, 2.75) is 13.3 Å². The van der Waals surface area contributed by atoms with E-state index in [-0.39, 0.29) is 5.97 Å². The molecule has 0 saturated heterocycles. The molecule has 0 atom stereocenters. The first kappa shape index (κ1) is 20.0. The Kier molecular flexibility index (Phi) is 16.6. The van der Waals surface area contributed by atoms with E-state index in [2.05, 4.69) is 31.1 Å². The van der Waals surface area contributed by atoms with Crippen LogP contribution in [0.15, 0.2) is 74.9 Å². The summed E-state index contributed by atoms with van der Waals surface area (Å²) in [4.78, 5) is 10.2. The molecule has 1 aromatic carbocycles. The van der Waals surface area contributed by atoms with Gasteiger partial charge in [-0.1, -0.05) is 81.8 Å². The third-order valence-electron chi connectivity index (χ3n) is 1.82. The van der Waals surface area contributed by atoms with Gasteiger partial charge in [0.05, 0.1) is 6.61 Å². The Bertz CT molecular complexity index is 385. The van der Waals surface area contributed by atoms with Crippen molar-refractivity contribution in [2.24, 2.45) is 0 Å². The molecule has 0 saturated carbocycles. The third-order valence-corrected chi connectivity index (χ3v) is 1.82. The van der Waals surface area contributed by atoms with Crippen LogP contribution in [0.5, 0.6) is 0 Å². The van der Waals surface area contributed by atoms with Gasteiger partial charge in [0, 0.05) is 6.08 Å². The molecule has 0 N–H and O–H groups in total. The van der Waals surface area contributed by atoms with E-state index in [9.17, 15) is 4.79 Å². The van der Waals surface area contributed by atoms with Crippen LogP contribution < -0.4 is 0 Å². The van der Waals surface area contributed by atoms with Crippen molar-refractivity contribution in [3.63, 3.8) is 0 Å². The number of hydrogen-bond acceptors (Lipinski definition) is 2. The summed E-state index contributed by atoms with van der Waals surface area (Å²) in [5.41, 5.74) is 1.17. The van der Waals surface area contributed by atoms with Gasteiger partial charge in [0.15, 0.2) is 0 Å². The lowest BCUT2D eigenvalue weighted by atomic mass is 10.2. The molecule has 0 fully saturated rings. The topological polar surface area (TPSA) is 26.3 Å². The largest absolute Gasteiger partial charge is 0.463 e. The minimum atomic E-state index is -0.341. The van der Waals surface area contributed by atoms with Crippen molar-refractivity contribution in [3.8, 4) is 0 Å².